The number of nitrogens with zero attached hydrogens (tertiary/aromatic N) is 4. The van der Waals surface area contributed by atoms with Gasteiger partial charge in [-0.15, -0.1) is 0 Å². The zero-order chi connectivity index (χ0) is 36.8. The Labute approximate surface area is 310 Å². The van der Waals surface area contributed by atoms with Gasteiger partial charge >= 0.3 is 0 Å². The van der Waals surface area contributed by atoms with Gasteiger partial charge in [0.15, 0.2) is 17.3 Å². The third-order valence-electron chi connectivity index (χ3n) is 11.0. The highest BCUT2D eigenvalue weighted by Gasteiger charge is 2.35. The van der Waals surface area contributed by atoms with Gasteiger partial charge in [-0.3, -0.25) is 19.3 Å². The lowest BCUT2D eigenvalue weighted by Gasteiger charge is -2.30. The van der Waals surface area contributed by atoms with Gasteiger partial charge in [-0.05, 0) is 44.1 Å². The molecule has 282 valence electrons. The number of morpholine rings is 2. The van der Waals surface area contributed by atoms with Gasteiger partial charge in [-0.2, -0.15) is 0 Å². The van der Waals surface area contributed by atoms with Crippen molar-refractivity contribution in [2.24, 2.45) is 0 Å². The molecule has 0 saturated carbocycles. The molecule has 1 atom stereocenters. The molecule has 54 heavy (non-hydrogen) atoms. The summed E-state index contributed by atoms with van der Waals surface area (Å²) in [5, 5.41) is 8.27. The van der Waals surface area contributed by atoms with Crippen LogP contribution in [0.25, 0.3) is 38.5 Å². The van der Waals surface area contributed by atoms with Crippen LogP contribution in [0.5, 0.6) is 11.5 Å². The van der Waals surface area contributed by atoms with Crippen LogP contribution < -0.4 is 25.7 Å². The Balaban J connectivity index is 0.992. The van der Waals surface area contributed by atoms with Gasteiger partial charge in [0, 0.05) is 81.3 Å². The fourth-order valence-corrected chi connectivity index (χ4v) is 8.17. The van der Waals surface area contributed by atoms with Crippen LogP contribution in [0.15, 0.2) is 57.9 Å². The minimum Gasteiger partial charge on any atom is -0.456 e. The molecule has 2 aromatic heterocycles. The molecule has 9 rings (SSSR count). The number of aromatic nitrogens is 1. The van der Waals surface area contributed by atoms with E-state index in [0.29, 0.717) is 86.9 Å². The van der Waals surface area contributed by atoms with Crippen LogP contribution in [-0.2, 0) is 14.3 Å². The number of carbonyl (C=O) groups excluding carboxylic acids is 2. The first-order chi connectivity index (χ1) is 26.4. The van der Waals surface area contributed by atoms with Crippen LogP contribution in [-0.4, -0.2) is 118 Å². The van der Waals surface area contributed by atoms with Gasteiger partial charge in [-0.25, -0.2) is 4.39 Å². The van der Waals surface area contributed by atoms with Crippen LogP contribution in [0.2, 0.25) is 0 Å². The van der Waals surface area contributed by atoms with E-state index >= 15 is 4.39 Å². The van der Waals surface area contributed by atoms with Crippen molar-refractivity contribution in [3.63, 3.8) is 0 Å². The molecule has 0 spiro atoms. The molecule has 0 radical (unpaired) electrons. The quantitative estimate of drug-likeness (QED) is 0.199. The van der Waals surface area contributed by atoms with Crippen LogP contribution in [0.4, 0.5) is 10.1 Å². The molecular formula is C40H43FN6O7. The molecule has 4 aliphatic rings. The summed E-state index contributed by atoms with van der Waals surface area (Å²) in [6.45, 7) is 8.23. The van der Waals surface area contributed by atoms with E-state index in [1.165, 1.54) is 6.07 Å². The smallest absolute Gasteiger partial charge is 0.259 e. The first kappa shape index (κ1) is 34.7. The lowest BCUT2D eigenvalue weighted by Crippen LogP contribution is -2.42. The lowest BCUT2D eigenvalue weighted by molar-refractivity contribution is -0.121. The van der Waals surface area contributed by atoms with Crippen molar-refractivity contribution in [2.45, 2.75) is 25.3 Å². The second kappa shape index (κ2) is 14.7. The van der Waals surface area contributed by atoms with E-state index in [4.69, 9.17) is 18.6 Å². The fraction of sp³-hybridized carbons (Fsp3) is 0.425. The van der Waals surface area contributed by atoms with Crippen molar-refractivity contribution < 1.29 is 32.6 Å². The average molecular weight is 739 g/mol. The molecule has 13 nitrogen and oxygen atoms in total. The van der Waals surface area contributed by atoms with Gasteiger partial charge in [0.2, 0.25) is 11.3 Å². The number of ether oxygens (including phenoxy) is 3. The van der Waals surface area contributed by atoms with Gasteiger partial charge < -0.3 is 43.6 Å². The van der Waals surface area contributed by atoms with E-state index in [1.54, 1.807) is 15.7 Å². The number of carbonyl (C=O) groups is 2. The van der Waals surface area contributed by atoms with Crippen molar-refractivity contribution in [1.82, 2.24) is 25.0 Å². The topological polar surface area (TPSA) is 131 Å². The molecule has 3 aromatic carbocycles. The number of anilines is 1. The highest BCUT2D eigenvalue weighted by Crippen LogP contribution is 2.49. The number of pyridine rings is 1. The first-order valence-electron chi connectivity index (χ1n) is 18.9. The minimum atomic E-state index is -0.635. The Morgan fingerprint density at radius 3 is 2.52 bits per heavy atom. The number of hydrogen-bond donors (Lipinski definition) is 2. The number of nitrogens with one attached hydrogen (secondary N) is 2. The van der Waals surface area contributed by atoms with Gasteiger partial charge in [0.1, 0.15) is 27.9 Å². The monoisotopic (exact) mass is 738 g/mol. The van der Waals surface area contributed by atoms with Crippen molar-refractivity contribution in [3.8, 4) is 17.2 Å². The van der Waals surface area contributed by atoms with Crippen LogP contribution in [0.1, 0.15) is 29.6 Å². The van der Waals surface area contributed by atoms with Crippen molar-refractivity contribution in [1.29, 1.82) is 0 Å². The normalized spacial score (nSPS) is 18.7. The average Bonchev–Trinajstić information content (AvgIpc) is 3.80. The Hall–Kier alpha value is -5.02. The number of hydrogen-bond acceptors (Lipinski definition) is 10. The van der Waals surface area contributed by atoms with Crippen molar-refractivity contribution >= 4 is 50.3 Å². The van der Waals surface area contributed by atoms with E-state index in [1.807, 2.05) is 41.3 Å². The highest BCUT2D eigenvalue weighted by atomic mass is 19.1. The SMILES string of the molecule is O=C(CCNCCCN1CCOCC1)N[C@@H]1CCN(c2c(F)cc3c(=O)c(C(=O)N4CCOCC4)cn4c3c2Oc2cc3c(cc2-4)oc2ccccc23)C1. The summed E-state index contributed by atoms with van der Waals surface area (Å²) in [6.07, 6.45) is 3.52. The summed E-state index contributed by atoms with van der Waals surface area (Å²) < 4.78 is 41.9. The van der Waals surface area contributed by atoms with E-state index in [9.17, 15) is 14.4 Å². The maximum Gasteiger partial charge on any atom is 0.259 e. The zero-order valence-electron chi connectivity index (χ0n) is 30.0. The van der Waals surface area contributed by atoms with Crippen LogP contribution in [0, 0.1) is 5.82 Å². The number of halogens is 1. The summed E-state index contributed by atoms with van der Waals surface area (Å²) >= 11 is 0. The van der Waals surface area contributed by atoms with E-state index < -0.39 is 17.2 Å². The van der Waals surface area contributed by atoms with Gasteiger partial charge in [0.05, 0.1) is 37.5 Å². The molecule has 2 amide bonds. The Morgan fingerprint density at radius 2 is 1.69 bits per heavy atom. The molecule has 14 heteroatoms. The summed E-state index contributed by atoms with van der Waals surface area (Å²) in [5.41, 5.74) is 1.83. The van der Waals surface area contributed by atoms with Crippen molar-refractivity contribution in [3.05, 3.63) is 70.3 Å². The number of rotatable bonds is 10. The second-order valence-electron chi connectivity index (χ2n) is 14.4. The number of fused-ring (bicyclic) bond motifs is 5. The summed E-state index contributed by atoms with van der Waals surface area (Å²) in [7, 11) is 0. The van der Waals surface area contributed by atoms with Gasteiger partial charge in [-0.1, -0.05) is 18.2 Å². The number of amides is 2. The lowest BCUT2D eigenvalue weighted by atomic mass is 10.0. The molecule has 0 aliphatic carbocycles. The standard InChI is InChI=1S/C40H43FN6O7/c41-30-20-28-36-39(37(30)46-11-7-25(23-46)43-35(48)6-9-42-8-3-10-44-12-16-51-17-13-44)54-34-21-27-26-4-1-2-5-32(26)53-33(27)22-31(34)47(36)24-29(38(28)49)40(50)45-14-18-52-19-15-45/h1-2,4-5,20-22,24-25,42H,3,6-19,23H2,(H,43,48)/t25-/m1/s1. The van der Waals surface area contributed by atoms with E-state index in [-0.39, 0.29) is 34.3 Å². The van der Waals surface area contributed by atoms with Crippen molar-refractivity contribution in [2.75, 3.05) is 90.2 Å². The number of benzene rings is 3. The van der Waals surface area contributed by atoms with E-state index in [2.05, 4.69) is 15.5 Å². The minimum absolute atomic E-state index is 0.0437. The van der Waals surface area contributed by atoms with E-state index in [0.717, 1.165) is 56.6 Å². The molecule has 0 unspecified atom stereocenters. The zero-order valence-corrected chi connectivity index (χ0v) is 30.0. The van der Waals surface area contributed by atoms with Crippen LogP contribution in [0.3, 0.4) is 0 Å². The molecule has 3 saturated heterocycles. The van der Waals surface area contributed by atoms with Gasteiger partial charge in [0.25, 0.3) is 5.91 Å². The number of furan rings is 1. The predicted octanol–water partition coefficient (Wildman–Crippen LogP) is 4.00. The first-order valence-corrected chi connectivity index (χ1v) is 18.9. The highest BCUT2D eigenvalue weighted by molar-refractivity contribution is 6.07. The molecular weight excluding hydrogens is 695 g/mol. The fourth-order valence-electron chi connectivity index (χ4n) is 8.17. The summed E-state index contributed by atoms with van der Waals surface area (Å²) in [6, 6.07) is 12.4. The maximum absolute atomic E-state index is 16.5. The molecule has 3 fully saturated rings. The predicted molar refractivity (Wildman–Crippen MR) is 202 cm³/mol. The summed E-state index contributed by atoms with van der Waals surface area (Å²) in [5.74, 6) is -0.497. The Bertz CT molecular complexity index is 2310. The molecule has 4 aliphatic heterocycles. The van der Waals surface area contributed by atoms with Crippen LogP contribution >= 0.6 is 0 Å². The third-order valence-corrected chi connectivity index (χ3v) is 11.0. The Kier molecular flexibility index (Phi) is 9.43. The molecule has 2 N–H and O–H groups in total. The molecule has 0 bridgehead atoms. The number of para-hydroxylation sites is 1. The second-order valence-corrected chi connectivity index (χ2v) is 14.4. The summed E-state index contributed by atoms with van der Waals surface area (Å²) in [4.78, 5) is 46.6. The maximum atomic E-state index is 16.5. The molecule has 5 aromatic rings. The Morgan fingerprint density at radius 1 is 0.889 bits per heavy atom. The largest absolute Gasteiger partial charge is 0.456 e. The third kappa shape index (κ3) is 6.46. The molecule has 6 heterocycles.